The number of rotatable bonds is 3. The predicted molar refractivity (Wildman–Crippen MR) is 84.6 cm³/mol. The highest BCUT2D eigenvalue weighted by molar-refractivity contribution is 9.10. The largest absolute Gasteiger partial charge is 0.381 e. The van der Waals surface area contributed by atoms with Gasteiger partial charge in [0.15, 0.2) is 0 Å². The number of hydrogen-bond acceptors (Lipinski definition) is 3. The van der Waals surface area contributed by atoms with E-state index >= 15 is 0 Å². The molecule has 3 unspecified atom stereocenters. The molecule has 106 valence electrons. The molecule has 1 aliphatic carbocycles. The average Bonchev–Trinajstić information content (AvgIpc) is 3.09. The minimum Gasteiger partial charge on any atom is -0.381 e. The van der Waals surface area contributed by atoms with E-state index in [0.29, 0.717) is 18.0 Å². The number of nitriles is 1. The molecule has 20 heavy (non-hydrogen) atoms. The van der Waals surface area contributed by atoms with Gasteiger partial charge in [0.25, 0.3) is 0 Å². The minimum atomic E-state index is 0.493. The first-order valence-corrected chi connectivity index (χ1v) is 8.27. The molecule has 0 bridgehead atoms. The van der Waals surface area contributed by atoms with Crippen molar-refractivity contribution in [2.75, 3.05) is 11.9 Å². The van der Waals surface area contributed by atoms with Crippen LogP contribution in [0.5, 0.6) is 0 Å². The van der Waals surface area contributed by atoms with Gasteiger partial charge < -0.3 is 10.6 Å². The molecule has 1 aromatic carbocycles. The lowest BCUT2D eigenvalue weighted by Crippen LogP contribution is -2.38. The number of halogens is 1. The first-order valence-electron chi connectivity index (χ1n) is 7.47. The summed E-state index contributed by atoms with van der Waals surface area (Å²) in [4.78, 5) is 0. The van der Waals surface area contributed by atoms with Gasteiger partial charge in [0.1, 0.15) is 6.07 Å². The zero-order chi connectivity index (χ0) is 13.9. The molecule has 0 spiro atoms. The topological polar surface area (TPSA) is 47.9 Å². The van der Waals surface area contributed by atoms with E-state index in [9.17, 15) is 5.26 Å². The van der Waals surface area contributed by atoms with Crippen molar-refractivity contribution in [3.8, 4) is 6.07 Å². The van der Waals surface area contributed by atoms with Crippen LogP contribution in [0.3, 0.4) is 0 Å². The molecular formula is C16H20BrN3. The van der Waals surface area contributed by atoms with E-state index in [1.165, 1.54) is 32.1 Å². The average molecular weight is 334 g/mol. The fourth-order valence-corrected chi connectivity index (χ4v) is 4.02. The summed E-state index contributed by atoms with van der Waals surface area (Å²) in [6.45, 7) is 1.16. The van der Waals surface area contributed by atoms with E-state index in [1.54, 1.807) is 0 Å². The summed E-state index contributed by atoms with van der Waals surface area (Å²) in [6.07, 6.45) is 6.39. The van der Waals surface area contributed by atoms with Gasteiger partial charge in [-0.25, -0.2) is 0 Å². The van der Waals surface area contributed by atoms with E-state index in [4.69, 9.17) is 0 Å². The molecule has 2 N–H and O–H groups in total. The van der Waals surface area contributed by atoms with Crippen LogP contribution in [0.15, 0.2) is 22.7 Å². The molecule has 2 aliphatic rings. The summed E-state index contributed by atoms with van der Waals surface area (Å²) in [5, 5.41) is 16.5. The van der Waals surface area contributed by atoms with Crippen LogP contribution in [0, 0.1) is 17.2 Å². The van der Waals surface area contributed by atoms with Crippen LogP contribution in [0.25, 0.3) is 0 Å². The lowest BCUT2D eigenvalue weighted by atomic mass is 9.93. The Bertz CT molecular complexity index is 517. The van der Waals surface area contributed by atoms with Crippen molar-refractivity contribution in [2.45, 2.75) is 44.2 Å². The summed E-state index contributed by atoms with van der Waals surface area (Å²) in [7, 11) is 0. The molecule has 0 amide bonds. The van der Waals surface area contributed by atoms with Crippen molar-refractivity contribution < 1.29 is 0 Å². The molecule has 1 heterocycles. The van der Waals surface area contributed by atoms with Crippen molar-refractivity contribution in [3.63, 3.8) is 0 Å². The molecule has 1 saturated carbocycles. The van der Waals surface area contributed by atoms with Gasteiger partial charge in [0, 0.05) is 16.6 Å². The molecule has 2 fully saturated rings. The highest BCUT2D eigenvalue weighted by atomic mass is 79.9. The highest BCUT2D eigenvalue weighted by Crippen LogP contribution is 2.35. The predicted octanol–water partition coefficient (Wildman–Crippen LogP) is 3.65. The van der Waals surface area contributed by atoms with Gasteiger partial charge in [-0.2, -0.15) is 5.26 Å². The molecule has 1 aliphatic heterocycles. The number of anilines is 1. The summed E-state index contributed by atoms with van der Waals surface area (Å²) in [6, 6.07) is 9.26. The Kier molecular flexibility index (Phi) is 4.28. The van der Waals surface area contributed by atoms with Gasteiger partial charge >= 0.3 is 0 Å². The molecule has 1 saturated heterocycles. The summed E-state index contributed by atoms with van der Waals surface area (Å²) in [5.74, 6) is 0.697. The van der Waals surface area contributed by atoms with Crippen LogP contribution in [0.2, 0.25) is 0 Å². The van der Waals surface area contributed by atoms with Gasteiger partial charge in [0.05, 0.1) is 11.3 Å². The van der Waals surface area contributed by atoms with E-state index in [-0.39, 0.29) is 0 Å². The lowest BCUT2D eigenvalue weighted by molar-refractivity contribution is 0.376. The van der Waals surface area contributed by atoms with Crippen LogP contribution in [-0.4, -0.2) is 18.6 Å². The monoisotopic (exact) mass is 333 g/mol. The third kappa shape index (κ3) is 2.84. The third-order valence-corrected chi connectivity index (χ3v) is 5.12. The molecule has 3 atom stereocenters. The summed E-state index contributed by atoms with van der Waals surface area (Å²) in [5.41, 5.74) is 1.70. The van der Waals surface area contributed by atoms with Gasteiger partial charge in [-0.3, -0.25) is 0 Å². The van der Waals surface area contributed by atoms with Crippen LogP contribution in [-0.2, 0) is 0 Å². The summed E-state index contributed by atoms with van der Waals surface area (Å²) >= 11 is 3.49. The molecule has 3 rings (SSSR count). The molecule has 4 heteroatoms. The standard InChI is InChI=1S/C16H20BrN3/c17-12-7-6-11(10-18)16(9-12)20-15-4-1-3-13(15)14-5-2-8-19-14/h6-7,9,13-15,19-20H,1-5,8H2. The van der Waals surface area contributed by atoms with E-state index in [2.05, 4.69) is 32.6 Å². The Morgan fingerprint density at radius 1 is 1.25 bits per heavy atom. The van der Waals surface area contributed by atoms with Crippen LogP contribution >= 0.6 is 15.9 Å². The number of nitrogens with zero attached hydrogens (tertiary/aromatic N) is 1. The van der Waals surface area contributed by atoms with Crippen LogP contribution in [0.4, 0.5) is 5.69 Å². The maximum absolute atomic E-state index is 9.24. The summed E-state index contributed by atoms with van der Waals surface area (Å²) < 4.78 is 1.02. The number of nitrogens with one attached hydrogen (secondary N) is 2. The van der Waals surface area contributed by atoms with Crippen molar-refractivity contribution >= 4 is 21.6 Å². The SMILES string of the molecule is N#Cc1ccc(Br)cc1NC1CCCC1C1CCCN1. The Morgan fingerprint density at radius 3 is 2.90 bits per heavy atom. The van der Waals surface area contributed by atoms with E-state index in [0.717, 1.165) is 22.3 Å². The maximum atomic E-state index is 9.24. The molecular weight excluding hydrogens is 314 g/mol. The smallest absolute Gasteiger partial charge is 0.101 e. The van der Waals surface area contributed by atoms with Crippen LogP contribution in [0.1, 0.15) is 37.7 Å². The number of hydrogen-bond donors (Lipinski definition) is 2. The first kappa shape index (κ1) is 13.9. The van der Waals surface area contributed by atoms with Crippen molar-refractivity contribution in [3.05, 3.63) is 28.2 Å². The Labute approximate surface area is 128 Å². The van der Waals surface area contributed by atoms with Gasteiger partial charge in [-0.15, -0.1) is 0 Å². The molecule has 0 radical (unpaired) electrons. The lowest BCUT2D eigenvalue weighted by Gasteiger charge is -2.27. The van der Waals surface area contributed by atoms with E-state index < -0.39 is 0 Å². The van der Waals surface area contributed by atoms with Crippen molar-refractivity contribution in [1.82, 2.24) is 5.32 Å². The van der Waals surface area contributed by atoms with Gasteiger partial charge in [-0.05, 0) is 56.3 Å². The maximum Gasteiger partial charge on any atom is 0.101 e. The molecule has 3 nitrogen and oxygen atoms in total. The zero-order valence-electron chi connectivity index (χ0n) is 11.5. The highest BCUT2D eigenvalue weighted by Gasteiger charge is 2.35. The fourth-order valence-electron chi connectivity index (χ4n) is 3.66. The quantitative estimate of drug-likeness (QED) is 0.887. The van der Waals surface area contributed by atoms with Crippen molar-refractivity contribution in [1.29, 1.82) is 5.26 Å². The Morgan fingerprint density at radius 2 is 2.15 bits per heavy atom. The van der Waals surface area contributed by atoms with Gasteiger partial charge in [-0.1, -0.05) is 22.4 Å². The molecule has 1 aromatic rings. The normalized spacial score (nSPS) is 29.3. The number of benzene rings is 1. The fraction of sp³-hybridized carbons (Fsp3) is 0.562. The van der Waals surface area contributed by atoms with Gasteiger partial charge in [0.2, 0.25) is 0 Å². The van der Waals surface area contributed by atoms with Crippen LogP contribution < -0.4 is 10.6 Å². The molecule has 0 aromatic heterocycles. The first-order chi connectivity index (χ1) is 9.78. The third-order valence-electron chi connectivity index (χ3n) is 4.63. The second-order valence-electron chi connectivity index (χ2n) is 5.85. The zero-order valence-corrected chi connectivity index (χ0v) is 13.1. The Hall–Kier alpha value is -1.05. The van der Waals surface area contributed by atoms with E-state index in [1.807, 2.05) is 18.2 Å². The van der Waals surface area contributed by atoms with Crippen molar-refractivity contribution in [2.24, 2.45) is 5.92 Å². The second-order valence-corrected chi connectivity index (χ2v) is 6.77. The second kappa shape index (κ2) is 6.15. The Balaban J connectivity index is 1.76. The minimum absolute atomic E-state index is 0.493.